The molecule has 0 amide bonds. The van der Waals surface area contributed by atoms with Crippen molar-refractivity contribution in [3.05, 3.63) is 70.8 Å². The second kappa shape index (κ2) is 22.4. The monoisotopic (exact) mass is 648 g/mol. The van der Waals surface area contributed by atoms with Gasteiger partial charge in [0.1, 0.15) is 0 Å². The Labute approximate surface area is 243 Å². The number of rotatable bonds is 15. The minimum Gasteiger partial charge on any atom is -0.313 e. The predicted octanol–water partition coefficient (Wildman–Crippen LogP) is 8.76. The van der Waals surface area contributed by atoms with Crippen molar-refractivity contribution < 1.29 is 36.8 Å². The minimum atomic E-state index is -3.07. The number of benzene rings is 2. The van der Waals surface area contributed by atoms with Crippen LogP contribution in [-0.2, 0) is 38.7 Å². The summed E-state index contributed by atoms with van der Waals surface area (Å²) < 4.78 is 38.2. The van der Waals surface area contributed by atoms with Crippen molar-refractivity contribution >= 4 is 43.7 Å². The van der Waals surface area contributed by atoms with Gasteiger partial charge in [0.15, 0.2) is 11.6 Å². The van der Waals surface area contributed by atoms with Gasteiger partial charge in [-0.2, -0.15) is 0 Å². The van der Waals surface area contributed by atoms with Crippen molar-refractivity contribution in [2.45, 2.75) is 60.0 Å². The molecule has 2 aromatic carbocycles. The second-order valence-corrected chi connectivity index (χ2v) is 11.6. The van der Waals surface area contributed by atoms with Gasteiger partial charge in [0.25, 0.3) is 0 Å². The molecule has 0 bridgehead atoms. The highest BCUT2D eigenvalue weighted by molar-refractivity contribution is 9.08. The first-order chi connectivity index (χ1) is 18.6. The van der Waals surface area contributed by atoms with E-state index in [1.54, 1.807) is 45.0 Å². The van der Waals surface area contributed by atoms with Crippen LogP contribution >= 0.6 is 32.1 Å². The summed E-state index contributed by atoms with van der Waals surface area (Å²) >= 11 is 3.33. The Morgan fingerprint density at radius 2 is 1.03 bits per heavy atom. The Balaban J connectivity index is 0.000000593. The standard InChI is InChI=1S/C13H19O4P.C9H9BrO.C6H15O3P/c1-4-16-18(15,17-5-2)10-12-6-8-13(9-7-12)11(3)14;1-7(11)9-4-2-8(6-10)3-5-9;1-4-7-10(8-5-2)9-6-3/h6-9H,4-5,10H2,1-3H3;2-5H,6H2,1H3;4-6H2,1-3H3. The van der Waals surface area contributed by atoms with Gasteiger partial charge in [-0.3, -0.25) is 14.2 Å². The fourth-order valence-corrected chi connectivity index (χ4v) is 5.78. The van der Waals surface area contributed by atoms with E-state index in [2.05, 4.69) is 15.9 Å². The van der Waals surface area contributed by atoms with Gasteiger partial charge < -0.3 is 22.6 Å². The highest BCUT2D eigenvalue weighted by Crippen LogP contribution is 2.51. The van der Waals surface area contributed by atoms with Crippen LogP contribution in [0.3, 0.4) is 0 Å². The van der Waals surface area contributed by atoms with Gasteiger partial charge in [0.05, 0.1) is 39.2 Å². The van der Waals surface area contributed by atoms with Crippen molar-refractivity contribution in [1.82, 2.24) is 0 Å². The zero-order valence-corrected chi connectivity index (χ0v) is 27.5. The molecule has 0 aliphatic heterocycles. The van der Waals surface area contributed by atoms with Crippen LogP contribution in [0, 0.1) is 0 Å². The summed E-state index contributed by atoms with van der Waals surface area (Å²) in [5.41, 5.74) is 3.44. The first kappa shape index (κ1) is 37.7. The molecule has 0 aliphatic carbocycles. The molecule has 0 atom stereocenters. The normalized spacial score (nSPS) is 10.8. The van der Waals surface area contributed by atoms with Crippen LogP contribution in [0.15, 0.2) is 48.5 Å². The summed E-state index contributed by atoms with van der Waals surface area (Å²) in [6.45, 7) is 15.1. The predicted molar refractivity (Wildman–Crippen MR) is 162 cm³/mol. The SMILES string of the molecule is CC(=O)c1ccc(CBr)cc1.CCOP(=O)(Cc1ccc(C(C)=O)cc1)OCC.CCOP(OCC)OCC. The molecule has 11 heteroatoms. The number of hydrogen-bond donors (Lipinski definition) is 0. The number of alkyl halides is 1. The van der Waals surface area contributed by atoms with Crippen molar-refractivity contribution in [3.8, 4) is 0 Å². The number of carbonyl (C=O) groups is 2. The van der Waals surface area contributed by atoms with Crippen molar-refractivity contribution in [3.63, 3.8) is 0 Å². The lowest BCUT2D eigenvalue weighted by atomic mass is 10.1. The van der Waals surface area contributed by atoms with E-state index in [-0.39, 0.29) is 17.7 Å². The Morgan fingerprint density at radius 1 is 0.667 bits per heavy atom. The number of hydrogen-bond acceptors (Lipinski definition) is 8. The fourth-order valence-electron chi connectivity index (χ4n) is 2.85. The van der Waals surface area contributed by atoms with Gasteiger partial charge in [0, 0.05) is 16.5 Å². The Morgan fingerprint density at radius 3 is 1.31 bits per heavy atom. The van der Waals surface area contributed by atoms with Crippen LogP contribution in [0.1, 0.15) is 80.3 Å². The highest BCUT2D eigenvalue weighted by atomic mass is 79.9. The van der Waals surface area contributed by atoms with E-state index < -0.39 is 16.2 Å². The van der Waals surface area contributed by atoms with Crippen molar-refractivity contribution in [1.29, 1.82) is 0 Å². The summed E-state index contributed by atoms with van der Waals surface area (Å²) in [7, 11) is -4.13. The number of ketones is 2. The molecule has 39 heavy (non-hydrogen) atoms. The molecule has 220 valence electrons. The summed E-state index contributed by atoms with van der Waals surface area (Å²) in [5.74, 6) is 0.130. The van der Waals surface area contributed by atoms with Gasteiger partial charge in [0.2, 0.25) is 0 Å². The Bertz CT molecular complexity index is 960. The minimum absolute atomic E-state index is 0.0133. The Kier molecular flexibility index (Phi) is 21.7. The molecule has 0 spiro atoms. The summed E-state index contributed by atoms with van der Waals surface area (Å²) in [4.78, 5) is 22.0. The molecule has 2 rings (SSSR count). The van der Waals surface area contributed by atoms with Crippen LogP contribution in [0.5, 0.6) is 0 Å². The van der Waals surface area contributed by atoms with Gasteiger partial charge in [-0.15, -0.1) is 0 Å². The summed E-state index contributed by atoms with van der Waals surface area (Å²) in [5, 5.41) is 0.838. The first-order valence-electron chi connectivity index (χ1n) is 12.9. The average molecular weight is 649 g/mol. The van der Waals surface area contributed by atoms with Crippen molar-refractivity contribution in [2.24, 2.45) is 0 Å². The van der Waals surface area contributed by atoms with Crippen LogP contribution < -0.4 is 0 Å². The maximum absolute atomic E-state index is 12.3. The van der Waals surface area contributed by atoms with Crippen molar-refractivity contribution in [2.75, 3.05) is 33.0 Å². The average Bonchev–Trinajstić information content (AvgIpc) is 2.90. The zero-order chi connectivity index (χ0) is 29.7. The number of Topliss-reactive ketones (excluding diaryl/α,β-unsaturated/α-hetero) is 2. The second-order valence-electron chi connectivity index (χ2n) is 7.72. The molecule has 8 nitrogen and oxygen atoms in total. The van der Waals surface area contributed by atoms with E-state index in [0.29, 0.717) is 38.6 Å². The van der Waals surface area contributed by atoms with E-state index >= 15 is 0 Å². The zero-order valence-electron chi connectivity index (χ0n) is 24.1. The molecule has 0 N–H and O–H groups in total. The molecular weight excluding hydrogens is 606 g/mol. The third-order valence-corrected chi connectivity index (χ3v) is 8.72. The molecule has 0 heterocycles. The third kappa shape index (κ3) is 17.2. The van der Waals surface area contributed by atoms with E-state index in [9.17, 15) is 14.2 Å². The van der Waals surface area contributed by atoms with E-state index in [4.69, 9.17) is 22.6 Å². The van der Waals surface area contributed by atoms with Gasteiger partial charge in [-0.1, -0.05) is 64.5 Å². The molecule has 0 saturated carbocycles. The van der Waals surface area contributed by atoms with Crippen LogP contribution in [0.4, 0.5) is 0 Å². The highest BCUT2D eigenvalue weighted by Gasteiger charge is 2.23. The summed E-state index contributed by atoms with van der Waals surface area (Å²) in [6, 6.07) is 14.6. The van der Waals surface area contributed by atoms with Gasteiger partial charge in [-0.05, 0) is 59.6 Å². The number of carbonyl (C=O) groups excluding carboxylic acids is 2. The molecule has 0 aromatic heterocycles. The van der Waals surface area contributed by atoms with Crippen LogP contribution in [0.2, 0.25) is 0 Å². The van der Waals surface area contributed by atoms with E-state index in [1.165, 1.54) is 12.5 Å². The quantitative estimate of drug-likeness (QED) is 0.107. The first-order valence-corrected chi connectivity index (χ1v) is 16.9. The topological polar surface area (TPSA) is 97.4 Å². The lowest BCUT2D eigenvalue weighted by Crippen LogP contribution is -1.99. The lowest BCUT2D eigenvalue weighted by molar-refractivity contribution is 0.100. The maximum atomic E-state index is 12.3. The Hall–Kier alpha value is -1.28. The fraction of sp³-hybridized carbons (Fsp3) is 0.500. The molecule has 0 fully saturated rings. The third-order valence-electron chi connectivity index (χ3n) is 4.61. The van der Waals surface area contributed by atoms with E-state index in [0.717, 1.165) is 16.5 Å². The van der Waals surface area contributed by atoms with Gasteiger partial charge >= 0.3 is 16.2 Å². The molecule has 0 radical (unpaired) electrons. The largest absolute Gasteiger partial charge is 0.335 e. The lowest BCUT2D eigenvalue weighted by Gasteiger charge is -2.16. The molecule has 0 aliphatic rings. The van der Waals surface area contributed by atoms with E-state index in [1.807, 2.05) is 45.0 Å². The van der Waals surface area contributed by atoms with Crippen LogP contribution in [0.25, 0.3) is 0 Å². The van der Waals surface area contributed by atoms with Crippen LogP contribution in [-0.4, -0.2) is 44.6 Å². The van der Waals surface area contributed by atoms with Gasteiger partial charge in [-0.25, -0.2) is 0 Å². The summed E-state index contributed by atoms with van der Waals surface area (Å²) in [6.07, 6.45) is 0.229. The molecular formula is C28H43BrO8P2. The smallest absolute Gasteiger partial charge is 0.313 e. The molecule has 2 aromatic rings. The maximum Gasteiger partial charge on any atom is 0.335 e. The number of halogens is 1. The molecule has 0 unspecified atom stereocenters. The molecule has 0 saturated heterocycles.